The number of carbonyl (C=O) groups is 1. The number of piperidine rings is 1. The molecule has 0 spiro atoms. The van der Waals surface area contributed by atoms with E-state index >= 15 is 0 Å². The van der Waals surface area contributed by atoms with Gasteiger partial charge in [0.1, 0.15) is 0 Å². The Labute approximate surface area is 159 Å². The number of rotatable bonds is 5. The van der Waals surface area contributed by atoms with Crippen LogP contribution in [0.25, 0.3) is 0 Å². The maximum atomic E-state index is 12.9. The van der Waals surface area contributed by atoms with E-state index in [1.54, 1.807) is 0 Å². The molecule has 3 heteroatoms. The highest BCUT2D eigenvalue weighted by Gasteiger charge is 2.34. The molecule has 3 atom stereocenters. The van der Waals surface area contributed by atoms with Crippen LogP contribution in [0.4, 0.5) is 5.69 Å². The van der Waals surface area contributed by atoms with Gasteiger partial charge in [0.05, 0.1) is 13.1 Å². The van der Waals surface area contributed by atoms with Gasteiger partial charge < -0.3 is 10.2 Å². The molecule has 1 aliphatic heterocycles. The van der Waals surface area contributed by atoms with Crippen molar-refractivity contribution < 1.29 is 9.69 Å². The van der Waals surface area contributed by atoms with Crippen LogP contribution < -0.4 is 10.2 Å². The van der Waals surface area contributed by atoms with Gasteiger partial charge in [-0.3, -0.25) is 4.79 Å². The lowest BCUT2D eigenvalue weighted by atomic mass is 9.75. The van der Waals surface area contributed by atoms with Crippen LogP contribution in [-0.2, 0) is 4.79 Å². The second-order valence-corrected chi connectivity index (χ2v) is 9.14. The number of hydrogen-bond acceptors (Lipinski definition) is 1. The molecule has 1 unspecified atom stereocenters. The van der Waals surface area contributed by atoms with E-state index in [1.165, 1.54) is 54.7 Å². The topological polar surface area (TPSA) is 33.5 Å². The molecule has 3 nitrogen and oxygen atoms in total. The van der Waals surface area contributed by atoms with Crippen LogP contribution in [0.2, 0.25) is 0 Å². The standard InChI is InChI=1S/C23H36N2O/c1-16(2)20-10-7-11-21(17(3)4)23(20)24-22(26)15-25-13-12-18-8-5-6-9-19(18)14-25/h7,10-11,16-19H,5-6,8-9,12-15H2,1-4H3,(H,24,26)/p+1/t18-,19+/m0/s1. The molecular formula is C23H37N2O+. The van der Waals surface area contributed by atoms with Gasteiger partial charge in [0, 0.05) is 11.6 Å². The summed E-state index contributed by atoms with van der Waals surface area (Å²) >= 11 is 0. The van der Waals surface area contributed by atoms with Crippen molar-refractivity contribution in [3.8, 4) is 0 Å². The van der Waals surface area contributed by atoms with Gasteiger partial charge in [-0.1, -0.05) is 58.7 Å². The molecule has 1 aromatic rings. The van der Waals surface area contributed by atoms with Crippen molar-refractivity contribution in [1.29, 1.82) is 0 Å². The highest BCUT2D eigenvalue weighted by atomic mass is 16.2. The van der Waals surface area contributed by atoms with Gasteiger partial charge in [0.25, 0.3) is 5.91 Å². The molecule has 1 amide bonds. The van der Waals surface area contributed by atoms with Crippen molar-refractivity contribution in [3.63, 3.8) is 0 Å². The minimum Gasteiger partial charge on any atom is -0.327 e. The van der Waals surface area contributed by atoms with Gasteiger partial charge in [0.2, 0.25) is 0 Å². The summed E-state index contributed by atoms with van der Waals surface area (Å²) in [6.45, 7) is 11.8. The first-order chi connectivity index (χ1) is 12.5. The van der Waals surface area contributed by atoms with Crippen molar-refractivity contribution in [3.05, 3.63) is 29.3 Å². The molecule has 1 aliphatic carbocycles. The Kier molecular flexibility index (Phi) is 6.39. The second-order valence-electron chi connectivity index (χ2n) is 9.14. The minimum absolute atomic E-state index is 0.184. The van der Waals surface area contributed by atoms with E-state index in [4.69, 9.17) is 0 Å². The van der Waals surface area contributed by atoms with Gasteiger partial charge in [-0.05, 0) is 48.1 Å². The fraction of sp³-hybridized carbons (Fsp3) is 0.696. The fourth-order valence-corrected chi connectivity index (χ4v) is 5.06. The van der Waals surface area contributed by atoms with E-state index in [9.17, 15) is 4.79 Å². The van der Waals surface area contributed by atoms with E-state index in [0.29, 0.717) is 18.4 Å². The van der Waals surface area contributed by atoms with E-state index in [0.717, 1.165) is 24.1 Å². The van der Waals surface area contributed by atoms with Crippen LogP contribution in [0.3, 0.4) is 0 Å². The molecule has 0 radical (unpaired) electrons. The normalized spacial score (nSPS) is 26.0. The molecule has 144 valence electrons. The van der Waals surface area contributed by atoms with E-state index in [-0.39, 0.29) is 5.91 Å². The maximum absolute atomic E-state index is 12.9. The number of likely N-dealkylation sites (tertiary alicyclic amines) is 1. The van der Waals surface area contributed by atoms with Gasteiger partial charge in [-0.2, -0.15) is 0 Å². The molecule has 1 saturated heterocycles. The Bertz CT molecular complexity index is 596. The number of hydrogen-bond donors (Lipinski definition) is 2. The molecule has 2 aliphatic rings. The number of benzene rings is 1. The SMILES string of the molecule is CC(C)c1cccc(C(C)C)c1NC(=O)C[NH+]1CC[C@@H]2CCCC[C@@H]2C1. The number of amides is 1. The van der Waals surface area contributed by atoms with Gasteiger partial charge in [0.15, 0.2) is 6.54 Å². The summed E-state index contributed by atoms with van der Waals surface area (Å²) in [5.41, 5.74) is 3.57. The summed E-state index contributed by atoms with van der Waals surface area (Å²) in [5.74, 6) is 2.80. The smallest absolute Gasteiger partial charge is 0.279 e. The van der Waals surface area contributed by atoms with Crippen molar-refractivity contribution in [1.82, 2.24) is 0 Å². The highest BCUT2D eigenvalue weighted by Crippen LogP contribution is 2.33. The monoisotopic (exact) mass is 357 g/mol. The largest absolute Gasteiger partial charge is 0.327 e. The van der Waals surface area contributed by atoms with Crippen LogP contribution in [0.15, 0.2) is 18.2 Å². The minimum atomic E-state index is 0.184. The van der Waals surface area contributed by atoms with Gasteiger partial charge >= 0.3 is 0 Å². The third kappa shape index (κ3) is 4.49. The lowest BCUT2D eigenvalue weighted by molar-refractivity contribution is -0.902. The Hall–Kier alpha value is -1.35. The van der Waals surface area contributed by atoms with Crippen molar-refractivity contribution in [2.75, 3.05) is 25.0 Å². The van der Waals surface area contributed by atoms with Gasteiger partial charge in [-0.25, -0.2) is 0 Å². The summed E-state index contributed by atoms with van der Waals surface area (Å²) < 4.78 is 0. The Morgan fingerprint density at radius 2 is 1.65 bits per heavy atom. The summed E-state index contributed by atoms with van der Waals surface area (Å²) in [5, 5.41) is 3.30. The molecule has 2 fully saturated rings. The first-order valence-electron chi connectivity index (χ1n) is 10.7. The number of para-hydroxylation sites is 1. The fourth-order valence-electron chi connectivity index (χ4n) is 5.06. The average molecular weight is 358 g/mol. The molecule has 1 saturated carbocycles. The summed E-state index contributed by atoms with van der Waals surface area (Å²) in [4.78, 5) is 14.3. The predicted molar refractivity (Wildman–Crippen MR) is 109 cm³/mol. The van der Waals surface area contributed by atoms with Crippen LogP contribution in [-0.4, -0.2) is 25.5 Å². The van der Waals surface area contributed by atoms with E-state index in [1.807, 2.05) is 0 Å². The molecule has 1 heterocycles. The molecule has 26 heavy (non-hydrogen) atoms. The molecule has 1 aromatic carbocycles. The number of anilines is 1. The Morgan fingerprint density at radius 1 is 1.04 bits per heavy atom. The number of carbonyl (C=O) groups excluding carboxylic acids is 1. The summed E-state index contributed by atoms with van der Waals surface area (Å²) in [7, 11) is 0. The zero-order valence-electron chi connectivity index (χ0n) is 17.1. The van der Waals surface area contributed by atoms with Crippen LogP contribution in [0, 0.1) is 11.8 Å². The third-order valence-corrected chi connectivity index (χ3v) is 6.53. The van der Waals surface area contributed by atoms with E-state index < -0.39 is 0 Å². The lowest BCUT2D eigenvalue weighted by Gasteiger charge is -2.38. The second kappa shape index (κ2) is 8.56. The van der Waals surface area contributed by atoms with E-state index in [2.05, 4.69) is 51.2 Å². The van der Waals surface area contributed by atoms with Gasteiger partial charge in [-0.15, -0.1) is 0 Å². The molecule has 3 rings (SSSR count). The molecule has 0 bridgehead atoms. The number of nitrogens with one attached hydrogen (secondary N) is 2. The zero-order chi connectivity index (χ0) is 18.7. The zero-order valence-corrected chi connectivity index (χ0v) is 17.1. The maximum Gasteiger partial charge on any atom is 0.279 e. The third-order valence-electron chi connectivity index (χ3n) is 6.53. The van der Waals surface area contributed by atoms with Crippen molar-refractivity contribution >= 4 is 11.6 Å². The Morgan fingerprint density at radius 3 is 2.27 bits per heavy atom. The Balaban J connectivity index is 1.66. The van der Waals surface area contributed by atoms with Crippen LogP contribution in [0.1, 0.15) is 82.8 Å². The first-order valence-corrected chi connectivity index (χ1v) is 10.7. The molecule has 0 aromatic heterocycles. The van der Waals surface area contributed by atoms with Crippen LogP contribution >= 0.6 is 0 Å². The quantitative estimate of drug-likeness (QED) is 0.821. The number of quaternary nitrogens is 1. The molecular weight excluding hydrogens is 320 g/mol. The van der Waals surface area contributed by atoms with Crippen molar-refractivity contribution in [2.45, 2.75) is 71.6 Å². The molecule has 2 N–H and O–H groups in total. The predicted octanol–water partition coefficient (Wildman–Crippen LogP) is 3.97. The highest BCUT2D eigenvalue weighted by molar-refractivity contribution is 5.93. The summed E-state index contributed by atoms with van der Waals surface area (Å²) in [6.07, 6.45) is 6.92. The lowest BCUT2D eigenvalue weighted by Crippen LogP contribution is -3.15. The van der Waals surface area contributed by atoms with Crippen molar-refractivity contribution in [2.24, 2.45) is 11.8 Å². The number of fused-ring (bicyclic) bond motifs is 1. The first kappa shape index (κ1) is 19.4. The van der Waals surface area contributed by atoms with Crippen LogP contribution in [0.5, 0.6) is 0 Å². The average Bonchev–Trinajstić information content (AvgIpc) is 2.61. The summed E-state index contributed by atoms with van der Waals surface area (Å²) in [6, 6.07) is 6.44.